The molecular formula is C102H81BF12N18O12P2. The number of hydrogen-bond acceptors (Lipinski definition) is 25. The summed E-state index contributed by atoms with van der Waals surface area (Å²) in [6.07, 6.45) is 8.24. The molecule has 0 aliphatic rings. The lowest BCUT2D eigenvalue weighted by atomic mass is 9.84. The molecule has 0 fully saturated rings. The normalized spacial score (nSPS) is 12.3. The van der Waals surface area contributed by atoms with Crippen molar-refractivity contribution in [3.05, 3.63) is 435 Å². The summed E-state index contributed by atoms with van der Waals surface area (Å²) in [6.45, 7) is 5.10. The first-order valence-electron chi connectivity index (χ1n) is 42.2. The van der Waals surface area contributed by atoms with Crippen LogP contribution in [0.15, 0.2) is 299 Å². The molecule has 3 atom stereocenters. The van der Waals surface area contributed by atoms with Crippen molar-refractivity contribution in [1.82, 2.24) is 75.6 Å². The predicted octanol–water partition coefficient (Wildman–Crippen LogP) is 18.8. The van der Waals surface area contributed by atoms with Crippen LogP contribution in [0.3, 0.4) is 0 Å². The minimum Gasteiger partial charge on any atom is -0.489 e. The van der Waals surface area contributed by atoms with Crippen molar-refractivity contribution in [3.63, 3.8) is 0 Å². The van der Waals surface area contributed by atoms with Crippen LogP contribution in [0.4, 0.5) is 52.7 Å². The highest BCUT2D eigenvalue weighted by Crippen LogP contribution is 2.62. The van der Waals surface area contributed by atoms with Crippen LogP contribution in [0.5, 0.6) is 17.2 Å². The van der Waals surface area contributed by atoms with Gasteiger partial charge in [-0.1, -0.05) is 106 Å². The molecule has 3 N–H and O–H groups in total. The largest absolute Gasteiger partial charge is 0.489 e. The van der Waals surface area contributed by atoms with Crippen molar-refractivity contribution in [3.8, 4) is 71.0 Å². The van der Waals surface area contributed by atoms with Gasteiger partial charge in [0, 0.05) is 86.9 Å². The Bertz CT molecular complexity index is 7400. The molecule has 6 aromatic heterocycles. The zero-order valence-corrected chi connectivity index (χ0v) is 77.1. The SMILES string of the molecule is C.C.C=CCOP(=O)(OCC=C)OC(Cn1cnnn1)(c1ccc(F)cc1F)C(F)(F)c1ccc(C#Cc2ccc(OCc3ccc(C#N)cc3)cc2)cn1.N#Cc1ccc(COc2ccc(C#Cc3ccc(C(F)(F)C(Cn4cnnn4)(OP(=O)(O)O)c4ccc(F)cc4F)nc3)cc2)cc1.N#Cc1ccc(COc2ccc(C#Cc3ccc(C(F)(F)C(O)(Cn4cnnn4)c4ccc(F)cc4F)nc3)cc2)cc1.[B]C. The van der Waals surface area contributed by atoms with Crippen LogP contribution >= 0.6 is 15.6 Å². The summed E-state index contributed by atoms with van der Waals surface area (Å²) < 4.78 is 252. The van der Waals surface area contributed by atoms with E-state index < -0.39 is 152 Å². The maximum atomic E-state index is 17.2. The van der Waals surface area contributed by atoms with Gasteiger partial charge >= 0.3 is 33.4 Å². The van der Waals surface area contributed by atoms with Crippen LogP contribution < -0.4 is 14.2 Å². The van der Waals surface area contributed by atoms with Gasteiger partial charge in [0.1, 0.15) is 108 Å². The second-order valence-electron chi connectivity index (χ2n) is 30.3. The summed E-state index contributed by atoms with van der Waals surface area (Å²) in [5.74, 6) is -1.75. The number of rotatable bonds is 34. The molecule has 0 spiro atoms. The number of phosphoric acid groups is 2. The third-order valence-corrected chi connectivity index (χ3v) is 22.6. The summed E-state index contributed by atoms with van der Waals surface area (Å²) in [4.78, 5) is 30.9. The summed E-state index contributed by atoms with van der Waals surface area (Å²) >= 11 is 0. The Morgan fingerprint density at radius 2 is 0.660 bits per heavy atom. The van der Waals surface area contributed by atoms with E-state index in [1.165, 1.54) is 25.0 Å². The molecule has 0 aliphatic heterocycles. The van der Waals surface area contributed by atoms with Crippen molar-refractivity contribution in [2.75, 3.05) is 13.2 Å². The molecule has 0 bridgehead atoms. The monoisotopic (exact) mass is 2050 g/mol. The van der Waals surface area contributed by atoms with Gasteiger partial charge in [-0.15, -0.1) is 28.5 Å². The Morgan fingerprint density at radius 3 is 0.932 bits per heavy atom. The van der Waals surface area contributed by atoms with Gasteiger partial charge in [-0.3, -0.25) is 33.0 Å². The van der Waals surface area contributed by atoms with E-state index in [1.807, 2.05) is 18.2 Å². The fraction of sp³-hybridized carbons (Fsp3) is 0.167. The minimum atomic E-state index is -5.79. The van der Waals surface area contributed by atoms with E-state index in [0.29, 0.717) is 91.7 Å². The zero-order valence-electron chi connectivity index (χ0n) is 75.3. The van der Waals surface area contributed by atoms with E-state index in [-0.39, 0.29) is 45.3 Å². The van der Waals surface area contributed by atoms with Crippen LogP contribution in [-0.4, -0.2) is 112 Å². The number of halogens is 12. The predicted molar refractivity (Wildman–Crippen MR) is 507 cm³/mol. The van der Waals surface area contributed by atoms with E-state index in [4.69, 9.17) is 43.6 Å². The molecule has 0 amide bonds. The highest BCUT2D eigenvalue weighted by Gasteiger charge is 2.65. The number of nitriles is 3. The van der Waals surface area contributed by atoms with Gasteiger partial charge in [0.15, 0.2) is 16.8 Å². The van der Waals surface area contributed by atoms with Gasteiger partial charge in [0.25, 0.3) is 0 Å². The molecule has 0 saturated heterocycles. The van der Waals surface area contributed by atoms with E-state index in [9.17, 15) is 41.6 Å². The quantitative estimate of drug-likeness (QED) is 0.0111. The summed E-state index contributed by atoms with van der Waals surface area (Å²) in [5, 5.41) is 68.8. The number of hydrogen-bond donors (Lipinski definition) is 3. The number of aromatic nitrogens is 15. The molecule has 15 aromatic rings. The highest BCUT2D eigenvalue weighted by atomic mass is 31.2. The molecule has 30 nitrogen and oxygen atoms in total. The van der Waals surface area contributed by atoms with Gasteiger partial charge in [-0.2, -0.15) is 42.1 Å². The standard InChI is InChI=1S/C37H29F4N6O5P.C31H21F4N6O5P.C31H20F4N6O2.CH3B.2CH4/c1-3-19-50-53(48,51-20-4-2)52-36(25-47-26-44-45-46-47,33-17-14-31(38)21-34(33)39)37(40,41)35-18-13-29(23-43-35)8-5-27-11-15-32(16-12-27)49-24-30-9-6-28(22-42)7-10-30;32-25-10-13-27(28(33)15-25)30(46-47(42,43)44,19-41-20-38-39-40-41)31(34,35)29-14-9-23(17-37-29)4-1-21-7-11-26(12-8-21)45-18-24-5-2-22(16-36)3-6-24;32-25-10-13-27(28(33)15-25)30(42,19-41-20-38-39-40-41)31(34,35)29-14-9-23(17-37-29)4-1-21-7-11-26(12-8-21)43-18-24-5-2-22(16-36)3-6-24;1-2;;/h3-4,6-7,9-18,21,23,26H,1-2,19-20,24-25H2;2-3,5-15,17,20H,18-19H2,(H2,42,43,44);2-3,5-15,17,20,42H,18-19H2;1H3;2*1H4. The fourth-order valence-corrected chi connectivity index (χ4v) is 15.5. The second-order valence-corrected chi connectivity index (χ2v) is 33.1. The van der Waals surface area contributed by atoms with Crippen LogP contribution in [0.2, 0.25) is 6.82 Å². The molecule has 0 aliphatic carbocycles. The number of phosphoric ester groups is 2. The minimum absolute atomic E-state index is 0. The third kappa shape index (κ3) is 28.8. The van der Waals surface area contributed by atoms with Gasteiger partial charge in [0.2, 0.25) is 0 Å². The lowest BCUT2D eigenvalue weighted by molar-refractivity contribution is -0.207. The number of aliphatic hydroxyl groups is 1. The topological polar surface area (TPSA) is 400 Å². The molecular weight excluding hydrogens is 1970 g/mol. The molecule has 748 valence electrons. The molecule has 45 heteroatoms. The van der Waals surface area contributed by atoms with Crippen molar-refractivity contribution < 1.29 is 109 Å². The molecule has 3 unspecified atom stereocenters. The van der Waals surface area contributed by atoms with Crippen molar-refractivity contribution >= 4 is 23.5 Å². The van der Waals surface area contributed by atoms with Crippen molar-refractivity contribution in [2.45, 2.75) is 95.7 Å². The van der Waals surface area contributed by atoms with E-state index in [1.54, 1.807) is 133 Å². The maximum Gasteiger partial charge on any atom is 0.476 e. The van der Waals surface area contributed by atoms with Gasteiger partial charge < -0.3 is 29.1 Å². The van der Waals surface area contributed by atoms with Crippen molar-refractivity contribution in [2.24, 2.45) is 0 Å². The third-order valence-electron chi connectivity index (χ3n) is 20.6. The molecule has 9 aromatic carbocycles. The Labute approximate surface area is 834 Å². The summed E-state index contributed by atoms with van der Waals surface area (Å²) in [7, 11) is -6.32. The van der Waals surface area contributed by atoms with E-state index >= 15 is 35.1 Å². The Kier molecular flexibility index (Phi) is 38.7. The van der Waals surface area contributed by atoms with Crippen LogP contribution in [-0.2, 0) is 101 Å². The Morgan fingerprint density at radius 1 is 0.381 bits per heavy atom. The van der Waals surface area contributed by atoms with E-state index in [0.717, 1.165) is 118 Å². The molecule has 147 heavy (non-hydrogen) atoms. The number of ether oxygens (including phenoxy) is 3. The molecule has 6 heterocycles. The first-order chi connectivity index (χ1) is 69.6. The number of pyridine rings is 3. The first-order valence-corrected chi connectivity index (χ1v) is 45.2. The number of alkyl halides is 6. The molecule has 0 saturated carbocycles. The number of nitrogens with zero attached hydrogens (tertiary/aromatic N) is 18. The zero-order chi connectivity index (χ0) is 104. The maximum absolute atomic E-state index is 17.2. The number of tetrazole rings is 3. The smallest absolute Gasteiger partial charge is 0.476 e. The average molecular weight is 2050 g/mol. The first kappa shape index (κ1) is 112. The van der Waals surface area contributed by atoms with E-state index in [2.05, 4.69) is 135 Å². The molecule has 2 radical (unpaired) electrons. The van der Waals surface area contributed by atoms with Crippen LogP contribution in [0.25, 0.3) is 0 Å². The summed E-state index contributed by atoms with van der Waals surface area (Å²) in [6, 6.07) is 59.3. The second kappa shape index (κ2) is 50.8. The van der Waals surface area contributed by atoms with Gasteiger partial charge in [-0.25, -0.2) is 49.5 Å². The van der Waals surface area contributed by atoms with Crippen LogP contribution in [0, 0.1) is 104 Å². The van der Waals surface area contributed by atoms with Crippen LogP contribution in [0.1, 0.15) is 115 Å². The lowest BCUT2D eigenvalue weighted by Gasteiger charge is -2.41. The Hall–Kier alpha value is -16.9. The van der Waals surface area contributed by atoms with Gasteiger partial charge in [-0.05, 0) is 230 Å². The average Bonchev–Trinajstić information content (AvgIpc) is 1.40. The van der Waals surface area contributed by atoms with Crippen molar-refractivity contribution in [1.29, 1.82) is 15.8 Å². The number of benzene rings is 9. The summed E-state index contributed by atoms with van der Waals surface area (Å²) in [5.41, 5.74) is -9.05. The molecule has 15 rings (SSSR count). The van der Waals surface area contributed by atoms with Gasteiger partial charge in [0.05, 0.1) is 75.6 Å². The Balaban J connectivity index is 0.000000223. The highest BCUT2D eigenvalue weighted by molar-refractivity contribution is 7.48. The fourth-order valence-electron chi connectivity index (χ4n) is 13.5. The lowest BCUT2D eigenvalue weighted by Crippen LogP contribution is -2.49.